The maximum atomic E-state index is 5.74. The summed E-state index contributed by atoms with van der Waals surface area (Å²) in [5, 5.41) is 3.57. The first kappa shape index (κ1) is 15.6. The van der Waals surface area contributed by atoms with E-state index in [1.807, 2.05) is 24.5 Å². The molecule has 112 valence electrons. The Morgan fingerprint density at radius 2 is 1.67 bits per heavy atom. The van der Waals surface area contributed by atoms with Gasteiger partial charge in [-0.3, -0.25) is 9.97 Å². The summed E-state index contributed by atoms with van der Waals surface area (Å²) in [6.07, 6.45) is 5.52. The second kappa shape index (κ2) is 7.86. The van der Waals surface area contributed by atoms with Crippen LogP contribution in [0, 0.1) is 13.8 Å². The Bertz CT molecular complexity index is 568. The van der Waals surface area contributed by atoms with Crippen molar-refractivity contribution in [3.63, 3.8) is 0 Å². The molecule has 0 spiro atoms. The Morgan fingerprint density at radius 3 is 2.24 bits per heavy atom. The molecule has 4 heteroatoms. The van der Waals surface area contributed by atoms with Crippen LogP contribution in [0.25, 0.3) is 0 Å². The predicted octanol–water partition coefficient (Wildman–Crippen LogP) is 2.14. The van der Waals surface area contributed by atoms with Crippen molar-refractivity contribution in [3.8, 4) is 0 Å². The Kier molecular flexibility index (Phi) is 5.84. The van der Waals surface area contributed by atoms with E-state index in [1.54, 1.807) is 0 Å². The molecule has 3 N–H and O–H groups in total. The topological polar surface area (TPSA) is 63.8 Å². The van der Waals surface area contributed by atoms with Gasteiger partial charge in [-0.2, -0.15) is 0 Å². The molecule has 0 aromatic carbocycles. The van der Waals surface area contributed by atoms with E-state index in [2.05, 4.69) is 41.3 Å². The smallest absolute Gasteiger partial charge is 0.0570 e. The van der Waals surface area contributed by atoms with Gasteiger partial charge >= 0.3 is 0 Å². The second-order valence-corrected chi connectivity index (χ2v) is 5.39. The zero-order valence-electron chi connectivity index (χ0n) is 12.8. The van der Waals surface area contributed by atoms with Crippen molar-refractivity contribution in [1.82, 2.24) is 15.3 Å². The first-order chi connectivity index (χ1) is 10.2. The molecule has 0 amide bonds. The number of rotatable bonds is 7. The number of aryl methyl sites for hydroxylation is 2. The zero-order chi connectivity index (χ0) is 15.1. The molecular formula is C17H24N4. The monoisotopic (exact) mass is 284 g/mol. The van der Waals surface area contributed by atoms with E-state index in [-0.39, 0.29) is 0 Å². The molecule has 2 aromatic rings. The summed E-state index contributed by atoms with van der Waals surface area (Å²) in [6, 6.07) is 8.45. The van der Waals surface area contributed by atoms with Crippen LogP contribution in [-0.2, 0) is 13.0 Å². The molecule has 1 unspecified atom stereocenters. The van der Waals surface area contributed by atoms with Gasteiger partial charge in [0.05, 0.1) is 5.69 Å². The molecular weight excluding hydrogens is 260 g/mol. The van der Waals surface area contributed by atoms with Crippen LogP contribution in [0.2, 0.25) is 0 Å². The number of hydrogen-bond acceptors (Lipinski definition) is 4. The number of nitrogens with zero attached hydrogens (tertiary/aromatic N) is 2. The third kappa shape index (κ3) is 4.62. The fourth-order valence-electron chi connectivity index (χ4n) is 2.39. The Morgan fingerprint density at radius 1 is 1.05 bits per heavy atom. The Labute approximate surface area is 126 Å². The maximum Gasteiger partial charge on any atom is 0.0570 e. The molecule has 0 radical (unpaired) electrons. The summed E-state index contributed by atoms with van der Waals surface area (Å²) in [5.41, 5.74) is 10.4. The molecule has 0 aliphatic heterocycles. The number of nitrogens with two attached hydrogens (primary N) is 1. The average Bonchev–Trinajstić information content (AvgIpc) is 2.48. The molecule has 0 aliphatic carbocycles. The molecule has 2 aromatic heterocycles. The standard InChI is InChI=1S/C17H24N4/c1-13-5-3-9-19-16(13)11-15(7-8-18)21-12-17-14(2)6-4-10-20-17/h3-6,9-10,15,21H,7-8,11-12,18H2,1-2H3. The highest BCUT2D eigenvalue weighted by molar-refractivity contribution is 5.19. The largest absolute Gasteiger partial charge is 0.330 e. The van der Waals surface area contributed by atoms with Crippen molar-refractivity contribution in [2.24, 2.45) is 5.73 Å². The number of pyridine rings is 2. The minimum absolute atomic E-state index is 0.324. The van der Waals surface area contributed by atoms with Crippen molar-refractivity contribution in [1.29, 1.82) is 0 Å². The lowest BCUT2D eigenvalue weighted by Crippen LogP contribution is -2.33. The Hall–Kier alpha value is -1.78. The van der Waals surface area contributed by atoms with Crippen LogP contribution in [0.15, 0.2) is 36.7 Å². The molecule has 2 rings (SSSR count). The lowest BCUT2D eigenvalue weighted by atomic mass is 10.0. The van der Waals surface area contributed by atoms with E-state index in [1.165, 1.54) is 11.1 Å². The van der Waals surface area contributed by atoms with Gasteiger partial charge in [-0.15, -0.1) is 0 Å². The highest BCUT2D eigenvalue weighted by Gasteiger charge is 2.11. The third-order valence-corrected chi connectivity index (χ3v) is 3.75. The van der Waals surface area contributed by atoms with Crippen molar-refractivity contribution in [2.75, 3.05) is 6.54 Å². The van der Waals surface area contributed by atoms with E-state index in [0.717, 1.165) is 30.8 Å². The van der Waals surface area contributed by atoms with Crippen molar-refractivity contribution in [2.45, 2.75) is 39.3 Å². The number of nitrogens with one attached hydrogen (secondary N) is 1. The molecule has 4 nitrogen and oxygen atoms in total. The molecule has 21 heavy (non-hydrogen) atoms. The third-order valence-electron chi connectivity index (χ3n) is 3.75. The van der Waals surface area contributed by atoms with E-state index in [0.29, 0.717) is 12.6 Å². The first-order valence-electron chi connectivity index (χ1n) is 7.45. The van der Waals surface area contributed by atoms with Crippen molar-refractivity contribution < 1.29 is 0 Å². The molecule has 0 bridgehead atoms. The highest BCUT2D eigenvalue weighted by atomic mass is 14.9. The van der Waals surface area contributed by atoms with Gasteiger partial charge in [0.15, 0.2) is 0 Å². The molecule has 0 saturated heterocycles. The summed E-state index contributed by atoms with van der Waals surface area (Å²) < 4.78 is 0. The van der Waals surface area contributed by atoms with Crippen molar-refractivity contribution in [3.05, 3.63) is 59.2 Å². The van der Waals surface area contributed by atoms with Gasteiger partial charge in [-0.25, -0.2) is 0 Å². The summed E-state index contributed by atoms with van der Waals surface area (Å²) in [5.74, 6) is 0. The minimum atomic E-state index is 0.324. The van der Waals surface area contributed by atoms with Gasteiger partial charge in [0, 0.05) is 37.1 Å². The lowest BCUT2D eigenvalue weighted by molar-refractivity contribution is 0.473. The fraction of sp³-hybridized carbons (Fsp3) is 0.412. The van der Waals surface area contributed by atoms with Gasteiger partial charge < -0.3 is 11.1 Å². The maximum absolute atomic E-state index is 5.74. The van der Waals surface area contributed by atoms with Crippen LogP contribution in [0.4, 0.5) is 0 Å². The first-order valence-corrected chi connectivity index (χ1v) is 7.45. The fourth-order valence-corrected chi connectivity index (χ4v) is 2.39. The van der Waals surface area contributed by atoms with Gasteiger partial charge in [0.2, 0.25) is 0 Å². The van der Waals surface area contributed by atoms with Gasteiger partial charge in [-0.1, -0.05) is 12.1 Å². The molecule has 0 fully saturated rings. The summed E-state index contributed by atoms with van der Waals surface area (Å²) in [7, 11) is 0. The van der Waals surface area contributed by atoms with E-state index in [9.17, 15) is 0 Å². The van der Waals surface area contributed by atoms with Crippen LogP contribution < -0.4 is 11.1 Å². The predicted molar refractivity (Wildman–Crippen MR) is 86.0 cm³/mol. The summed E-state index contributed by atoms with van der Waals surface area (Å²) >= 11 is 0. The molecule has 0 aliphatic rings. The SMILES string of the molecule is Cc1cccnc1CNC(CCN)Cc1ncccc1C. The van der Waals surface area contributed by atoms with Crippen LogP contribution in [0.3, 0.4) is 0 Å². The summed E-state index contributed by atoms with van der Waals surface area (Å²) in [6.45, 7) is 5.63. The Balaban J connectivity index is 1.99. The molecule has 1 atom stereocenters. The van der Waals surface area contributed by atoms with Crippen LogP contribution >= 0.6 is 0 Å². The van der Waals surface area contributed by atoms with Crippen LogP contribution in [0.1, 0.15) is 28.9 Å². The number of hydrogen-bond donors (Lipinski definition) is 2. The average molecular weight is 284 g/mol. The van der Waals surface area contributed by atoms with Gasteiger partial charge in [-0.05, 0) is 50.1 Å². The normalized spacial score (nSPS) is 12.3. The van der Waals surface area contributed by atoms with E-state index < -0.39 is 0 Å². The summed E-state index contributed by atoms with van der Waals surface area (Å²) in [4.78, 5) is 8.90. The minimum Gasteiger partial charge on any atom is -0.330 e. The number of aromatic nitrogens is 2. The van der Waals surface area contributed by atoms with Gasteiger partial charge in [0.25, 0.3) is 0 Å². The second-order valence-electron chi connectivity index (χ2n) is 5.39. The quantitative estimate of drug-likeness (QED) is 0.817. The zero-order valence-corrected chi connectivity index (χ0v) is 12.8. The van der Waals surface area contributed by atoms with Gasteiger partial charge in [0.1, 0.15) is 0 Å². The van der Waals surface area contributed by atoms with Crippen molar-refractivity contribution >= 4 is 0 Å². The lowest BCUT2D eigenvalue weighted by Gasteiger charge is -2.19. The highest BCUT2D eigenvalue weighted by Crippen LogP contribution is 2.09. The van der Waals surface area contributed by atoms with E-state index in [4.69, 9.17) is 5.73 Å². The van der Waals surface area contributed by atoms with Crippen LogP contribution in [-0.4, -0.2) is 22.6 Å². The van der Waals surface area contributed by atoms with Crippen LogP contribution in [0.5, 0.6) is 0 Å². The van der Waals surface area contributed by atoms with E-state index >= 15 is 0 Å². The molecule has 0 saturated carbocycles. The molecule has 2 heterocycles.